The third-order valence-electron chi connectivity index (χ3n) is 3.69. The molecular weight excluding hydrogens is 312 g/mol. The Morgan fingerprint density at radius 2 is 2.05 bits per heavy atom. The van der Waals surface area contributed by atoms with Crippen molar-refractivity contribution >= 4 is 38.7 Å². The number of nitrogens with zero attached hydrogens (tertiary/aromatic N) is 2. The number of hydrogen-bond donors (Lipinski definition) is 2. The van der Waals surface area contributed by atoms with Crippen molar-refractivity contribution in [1.82, 2.24) is 9.97 Å². The Bertz CT molecular complexity index is 775. The summed E-state index contributed by atoms with van der Waals surface area (Å²) in [6.45, 7) is 6.28. The largest absolute Gasteiger partial charge is 0.364 e. The monoisotopic (exact) mass is 333 g/mol. The lowest BCUT2D eigenvalue weighted by atomic mass is 10.2. The van der Waals surface area contributed by atoms with Gasteiger partial charge in [0, 0.05) is 4.88 Å². The first-order valence-electron chi connectivity index (χ1n) is 7.40. The van der Waals surface area contributed by atoms with E-state index in [0.29, 0.717) is 0 Å². The fourth-order valence-corrected chi connectivity index (χ4v) is 4.01. The molecule has 0 aliphatic heterocycles. The SMILES string of the molecule is Cc1sc2nc(-c3cccs3)nc(NCC[NH+](C)C)c2c1C. The maximum Gasteiger partial charge on any atom is 0.173 e. The lowest BCUT2D eigenvalue weighted by molar-refractivity contribution is -0.856. The highest BCUT2D eigenvalue weighted by atomic mass is 32.1. The Hall–Kier alpha value is -1.50. The number of hydrogen-bond acceptors (Lipinski definition) is 5. The van der Waals surface area contributed by atoms with E-state index < -0.39 is 0 Å². The Balaban J connectivity index is 2.05. The Morgan fingerprint density at radius 3 is 2.73 bits per heavy atom. The first-order chi connectivity index (χ1) is 10.6. The summed E-state index contributed by atoms with van der Waals surface area (Å²) < 4.78 is 0. The summed E-state index contributed by atoms with van der Waals surface area (Å²) in [5.41, 5.74) is 1.29. The Kier molecular flexibility index (Phi) is 4.42. The second-order valence-corrected chi connectivity index (χ2v) is 7.87. The van der Waals surface area contributed by atoms with E-state index in [1.54, 1.807) is 22.7 Å². The van der Waals surface area contributed by atoms with Crippen LogP contribution in [0.3, 0.4) is 0 Å². The van der Waals surface area contributed by atoms with E-state index in [4.69, 9.17) is 9.97 Å². The summed E-state index contributed by atoms with van der Waals surface area (Å²) in [4.78, 5) is 14.5. The molecule has 0 aliphatic rings. The molecule has 0 aromatic carbocycles. The minimum Gasteiger partial charge on any atom is -0.364 e. The van der Waals surface area contributed by atoms with Gasteiger partial charge in [-0.2, -0.15) is 0 Å². The quantitative estimate of drug-likeness (QED) is 0.754. The zero-order chi connectivity index (χ0) is 15.7. The number of likely N-dealkylation sites (N-methyl/N-ethyl adjacent to an activating group) is 1. The molecule has 0 spiro atoms. The smallest absolute Gasteiger partial charge is 0.173 e. The van der Waals surface area contributed by atoms with Gasteiger partial charge in [0.2, 0.25) is 0 Å². The van der Waals surface area contributed by atoms with Crippen molar-refractivity contribution in [2.24, 2.45) is 0 Å². The van der Waals surface area contributed by atoms with Crippen LogP contribution in [0.4, 0.5) is 5.82 Å². The van der Waals surface area contributed by atoms with Crippen molar-refractivity contribution in [2.75, 3.05) is 32.5 Å². The molecular formula is C16H21N4S2+. The summed E-state index contributed by atoms with van der Waals surface area (Å²) in [5, 5.41) is 6.76. The molecule has 0 saturated carbocycles. The third-order valence-corrected chi connectivity index (χ3v) is 5.65. The Labute approximate surface area is 138 Å². The molecule has 2 N–H and O–H groups in total. The average molecular weight is 334 g/mol. The molecule has 0 amide bonds. The molecule has 0 saturated heterocycles. The summed E-state index contributed by atoms with van der Waals surface area (Å²) in [6.07, 6.45) is 0. The Morgan fingerprint density at radius 1 is 1.23 bits per heavy atom. The van der Waals surface area contributed by atoms with Gasteiger partial charge in [0.15, 0.2) is 5.82 Å². The van der Waals surface area contributed by atoms with Crippen LogP contribution in [0.15, 0.2) is 17.5 Å². The van der Waals surface area contributed by atoms with Crippen molar-refractivity contribution in [3.8, 4) is 10.7 Å². The zero-order valence-electron chi connectivity index (χ0n) is 13.4. The molecule has 0 fully saturated rings. The minimum absolute atomic E-state index is 0.823. The van der Waals surface area contributed by atoms with E-state index in [1.165, 1.54) is 20.7 Å². The van der Waals surface area contributed by atoms with E-state index in [2.05, 4.69) is 44.7 Å². The van der Waals surface area contributed by atoms with Crippen molar-refractivity contribution in [3.63, 3.8) is 0 Å². The van der Waals surface area contributed by atoms with Crippen LogP contribution in [0.5, 0.6) is 0 Å². The van der Waals surface area contributed by atoms with Gasteiger partial charge in [-0.05, 0) is 30.9 Å². The first kappa shape index (κ1) is 15.4. The summed E-state index contributed by atoms with van der Waals surface area (Å²) >= 11 is 3.43. The number of anilines is 1. The van der Waals surface area contributed by atoms with Crippen LogP contribution in [-0.4, -0.2) is 37.2 Å². The maximum absolute atomic E-state index is 4.80. The predicted molar refractivity (Wildman–Crippen MR) is 96.4 cm³/mol. The van der Waals surface area contributed by atoms with E-state index >= 15 is 0 Å². The van der Waals surface area contributed by atoms with Gasteiger partial charge in [-0.25, -0.2) is 9.97 Å². The lowest BCUT2D eigenvalue weighted by Crippen LogP contribution is -3.06. The molecule has 3 aromatic rings. The number of fused-ring (bicyclic) bond motifs is 1. The van der Waals surface area contributed by atoms with Crippen LogP contribution >= 0.6 is 22.7 Å². The minimum atomic E-state index is 0.823. The van der Waals surface area contributed by atoms with Gasteiger partial charge in [-0.15, -0.1) is 22.7 Å². The average Bonchev–Trinajstić information content (AvgIpc) is 3.08. The number of rotatable bonds is 5. The van der Waals surface area contributed by atoms with Crippen molar-refractivity contribution in [2.45, 2.75) is 13.8 Å². The number of aromatic nitrogens is 2. The van der Waals surface area contributed by atoms with Crippen LogP contribution in [0, 0.1) is 13.8 Å². The van der Waals surface area contributed by atoms with Gasteiger partial charge < -0.3 is 10.2 Å². The molecule has 116 valence electrons. The lowest BCUT2D eigenvalue weighted by Gasteiger charge is -2.11. The van der Waals surface area contributed by atoms with Gasteiger partial charge in [0.05, 0.1) is 37.4 Å². The van der Waals surface area contributed by atoms with Crippen molar-refractivity contribution in [3.05, 3.63) is 28.0 Å². The molecule has 0 unspecified atom stereocenters. The molecule has 3 heterocycles. The molecule has 0 bridgehead atoms. The highest BCUT2D eigenvalue weighted by Crippen LogP contribution is 2.35. The van der Waals surface area contributed by atoms with E-state index in [-0.39, 0.29) is 0 Å². The molecule has 0 aliphatic carbocycles. The predicted octanol–water partition coefficient (Wildman–Crippen LogP) is 2.59. The second kappa shape index (κ2) is 6.32. The summed E-state index contributed by atoms with van der Waals surface area (Å²) in [5.74, 6) is 1.79. The van der Waals surface area contributed by atoms with Crippen LogP contribution in [0.25, 0.3) is 20.9 Å². The fourth-order valence-electron chi connectivity index (χ4n) is 2.32. The third kappa shape index (κ3) is 2.99. The molecule has 0 radical (unpaired) electrons. The van der Waals surface area contributed by atoms with Gasteiger partial charge in [-0.1, -0.05) is 6.07 Å². The van der Waals surface area contributed by atoms with E-state index in [9.17, 15) is 0 Å². The molecule has 22 heavy (non-hydrogen) atoms. The highest BCUT2D eigenvalue weighted by molar-refractivity contribution is 7.19. The van der Waals surface area contributed by atoms with Gasteiger partial charge >= 0.3 is 0 Å². The van der Waals surface area contributed by atoms with Crippen LogP contribution in [0.1, 0.15) is 10.4 Å². The van der Waals surface area contributed by atoms with E-state index in [0.717, 1.165) is 34.4 Å². The van der Waals surface area contributed by atoms with Crippen LogP contribution in [-0.2, 0) is 0 Å². The van der Waals surface area contributed by atoms with Gasteiger partial charge in [0.1, 0.15) is 10.6 Å². The number of nitrogens with one attached hydrogen (secondary N) is 2. The number of thiophene rings is 2. The van der Waals surface area contributed by atoms with Gasteiger partial charge in [0.25, 0.3) is 0 Å². The highest BCUT2D eigenvalue weighted by Gasteiger charge is 2.15. The van der Waals surface area contributed by atoms with Crippen LogP contribution in [0.2, 0.25) is 0 Å². The summed E-state index contributed by atoms with van der Waals surface area (Å²) in [6, 6.07) is 4.12. The normalized spacial score (nSPS) is 11.5. The van der Waals surface area contributed by atoms with Gasteiger partial charge in [-0.3, -0.25) is 0 Å². The van der Waals surface area contributed by atoms with Crippen LogP contribution < -0.4 is 10.2 Å². The molecule has 3 aromatic heterocycles. The van der Waals surface area contributed by atoms with Crippen molar-refractivity contribution in [1.29, 1.82) is 0 Å². The van der Waals surface area contributed by atoms with Crippen molar-refractivity contribution < 1.29 is 4.90 Å². The molecule has 4 nitrogen and oxygen atoms in total. The molecule has 0 atom stereocenters. The topological polar surface area (TPSA) is 42.2 Å². The number of quaternary nitrogens is 1. The standard InChI is InChI=1S/C16H20N4S2/c1-10-11(2)22-16-13(10)15(17-7-8-20(3)4)18-14(19-16)12-6-5-9-21-12/h5-6,9H,7-8H2,1-4H3,(H,17,18,19)/p+1. The van der Waals surface area contributed by atoms with E-state index in [1.807, 2.05) is 6.07 Å². The summed E-state index contributed by atoms with van der Waals surface area (Å²) in [7, 11) is 4.32. The first-order valence-corrected chi connectivity index (χ1v) is 9.10. The zero-order valence-corrected chi connectivity index (χ0v) is 15.0. The fraction of sp³-hybridized carbons (Fsp3) is 0.375. The molecule has 3 rings (SSSR count). The maximum atomic E-state index is 4.80. The second-order valence-electron chi connectivity index (χ2n) is 5.72. The number of aryl methyl sites for hydroxylation is 2. The molecule has 6 heteroatoms.